The molecule has 92 valence electrons. The van der Waals surface area contributed by atoms with Gasteiger partial charge in [-0.25, -0.2) is 4.79 Å². The van der Waals surface area contributed by atoms with Crippen LogP contribution in [0.2, 0.25) is 0 Å². The number of hydroxylamine groups is 2. The molecule has 1 aliphatic rings. The van der Waals surface area contributed by atoms with E-state index in [-0.39, 0.29) is 17.7 Å². The Morgan fingerprint density at radius 2 is 1.94 bits per heavy atom. The molecule has 1 heterocycles. The summed E-state index contributed by atoms with van der Waals surface area (Å²) in [4.78, 5) is 28.2. The van der Waals surface area contributed by atoms with E-state index in [2.05, 4.69) is 0 Å². The van der Waals surface area contributed by atoms with Crippen LogP contribution in [-0.4, -0.2) is 29.9 Å². The highest BCUT2D eigenvalue weighted by atomic mass is 16.7. The van der Waals surface area contributed by atoms with E-state index in [4.69, 9.17) is 4.84 Å². The minimum atomic E-state index is -0.497. The zero-order valence-corrected chi connectivity index (χ0v) is 10.6. The maximum Gasteiger partial charge on any atom is 0.330 e. The number of ketones is 1. The van der Waals surface area contributed by atoms with Crippen molar-refractivity contribution in [2.24, 2.45) is 11.3 Å². The molecular weight excluding hydrogens is 206 g/mol. The molecule has 1 atom stereocenters. The van der Waals surface area contributed by atoms with Crippen LogP contribution < -0.4 is 0 Å². The molecule has 0 aromatic heterocycles. The highest BCUT2D eigenvalue weighted by molar-refractivity contribution is 5.78. The summed E-state index contributed by atoms with van der Waals surface area (Å²) in [6.07, 6.45) is 1.81. The Bertz CT molecular complexity index is 280. The zero-order chi connectivity index (χ0) is 12.3. The molecule has 0 spiro atoms. The van der Waals surface area contributed by atoms with Gasteiger partial charge in [-0.1, -0.05) is 0 Å². The average Bonchev–Trinajstić information content (AvgIpc) is 2.16. The van der Waals surface area contributed by atoms with Crippen LogP contribution in [0.4, 0.5) is 0 Å². The van der Waals surface area contributed by atoms with Crippen molar-refractivity contribution in [2.45, 2.75) is 40.5 Å². The maximum atomic E-state index is 11.7. The van der Waals surface area contributed by atoms with Crippen LogP contribution in [-0.2, 0) is 14.4 Å². The molecule has 1 saturated heterocycles. The number of rotatable bonds is 2. The Labute approximate surface area is 96.9 Å². The van der Waals surface area contributed by atoms with Gasteiger partial charge in [0.1, 0.15) is 5.78 Å². The summed E-state index contributed by atoms with van der Waals surface area (Å²) >= 11 is 0. The second-order valence-electron chi connectivity index (χ2n) is 5.47. The van der Waals surface area contributed by atoms with Crippen molar-refractivity contribution in [1.29, 1.82) is 0 Å². The molecule has 0 radical (unpaired) electrons. The summed E-state index contributed by atoms with van der Waals surface area (Å²) in [6.45, 7) is 8.33. The van der Waals surface area contributed by atoms with Gasteiger partial charge in [-0.15, -0.1) is 5.06 Å². The summed E-state index contributed by atoms with van der Waals surface area (Å²) in [6, 6.07) is 0. The third kappa shape index (κ3) is 3.59. The molecule has 16 heavy (non-hydrogen) atoms. The Morgan fingerprint density at radius 3 is 2.44 bits per heavy atom. The monoisotopic (exact) mass is 227 g/mol. The lowest BCUT2D eigenvalue weighted by atomic mass is 9.95. The highest BCUT2D eigenvalue weighted by Gasteiger charge is 2.29. The normalized spacial score (nSPS) is 22.9. The first-order valence-corrected chi connectivity index (χ1v) is 5.78. The highest BCUT2D eigenvalue weighted by Crippen LogP contribution is 2.21. The number of nitrogens with zero attached hydrogens (tertiary/aromatic N) is 1. The molecule has 0 bridgehead atoms. The van der Waals surface area contributed by atoms with Crippen molar-refractivity contribution in [3.63, 3.8) is 0 Å². The minimum absolute atomic E-state index is 0.0153. The third-order valence-corrected chi connectivity index (χ3v) is 2.78. The van der Waals surface area contributed by atoms with E-state index in [1.54, 1.807) is 12.0 Å². The maximum absolute atomic E-state index is 11.7. The van der Waals surface area contributed by atoms with Gasteiger partial charge in [0.15, 0.2) is 0 Å². The van der Waals surface area contributed by atoms with Crippen LogP contribution in [0.1, 0.15) is 40.5 Å². The molecule has 0 aliphatic carbocycles. The van der Waals surface area contributed by atoms with Crippen LogP contribution in [0.5, 0.6) is 0 Å². The fourth-order valence-electron chi connectivity index (χ4n) is 1.61. The largest absolute Gasteiger partial charge is 0.367 e. The second-order valence-corrected chi connectivity index (χ2v) is 5.47. The van der Waals surface area contributed by atoms with Crippen LogP contribution in [0.15, 0.2) is 0 Å². The van der Waals surface area contributed by atoms with Crippen molar-refractivity contribution in [2.75, 3.05) is 13.1 Å². The summed E-state index contributed by atoms with van der Waals surface area (Å²) in [5.74, 6) is -0.0465. The number of hydrogen-bond donors (Lipinski definition) is 0. The smallest absolute Gasteiger partial charge is 0.330 e. The quantitative estimate of drug-likeness (QED) is 0.721. The number of Topliss-reactive ketones (excluding diaryl/α,β-unsaturated/α-hetero) is 1. The summed E-state index contributed by atoms with van der Waals surface area (Å²) in [7, 11) is 0. The molecule has 0 unspecified atom stereocenters. The summed E-state index contributed by atoms with van der Waals surface area (Å²) in [5.41, 5.74) is -0.497. The van der Waals surface area contributed by atoms with Crippen LogP contribution >= 0.6 is 0 Å². The first-order chi connectivity index (χ1) is 7.30. The first-order valence-electron chi connectivity index (χ1n) is 5.78. The number of hydrogen-bond acceptors (Lipinski definition) is 4. The molecule has 0 saturated carbocycles. The van der Waals surface area contributed by atoms with Gasteiger partial charge in [0.25, 0.3) is 0 Å². The molecule has 1 fully saturated rings. The standard InChI is InChI=1S/C12H21NO3/c1-9(14)10-6-5-7-13(8-10)16-11(15)12(2,3)4/h10H,5-8H2,1-4H3/t10-/m0/s1. The first kappa shape index (κ1) is 13.2. The van der Waals surface area contributed by atoms with Gasteiger partial charge in [-0.2, -0.15) is 0 Å². The van der Waals surface area contributed by atoms with E-state index in [9.17, 15) is 9.59 Å². The molecular formula is C12H21NO3. The summed E-state index contributed by atoms with van der Waals surface area (Å²) in [5, 5.41) is 1.63. The van der Waals surface area contributed by atoms with Gasteiger partial charge in [0.05, 0.1) is 5.41 Å². The van der Waals surface area contributed by atoms with E-state index in [0.29, 0.717) is 6.54 Å². The Kier molecular flexibility index (Phi) is 4.08. The SMILES string of the molecule is CC(=O)[C@H]1CCCN(OC(=O)C(C)(C)C)C1. The number of piperidine rings is 1. The van der Waals surface area contributed by atoms with Gasteiger partial charge in [-0.3, -0.25) is 4.79 Å². The Hall–Kier alpha value is -0.900. The lowest BCUT2D eigenvalue weighted by molar-refractivity contribution is -0.207. The van der Waals surface area contributed by atoms with Crippen LogP contribution in [0, 0.1) is 11.3 Å². The van der Waals surface area contributed by atoms with Crippen molar-refractivity contribution in [3.05, 3.63) is 0 Å². The molecule has 0 aromatic carbocycles. The van der Waals surface area contributed by atoms with Crippen molar-refractivity contribution < 1.29 is 14.4 Å². The van der Waals surface area contributed by atoms with Crippen LogP contribution in [0.25, 0.3) is 0 Å². The molecule has 0 N–H and O–H groups in total. The zero-order valence-electron chi connectivity index (χ0n) is 10.6. The lowest BCUT2D eigenvalue weighted by Gasteiger charge is -2.31. The van der Waals surface area contributed by atoms with Gasteiger partial charge >= 0.3 is 5.97 Å². The van der Waals surface area contributed by atoms with E-state index in [1.165, 1.54) is 0 Å². The second kappa shape index (κ2) is 4.95. The van der Waals surface area contributed by atoms with Crippen molar-refractivity contribution in [3.8, 4) is 0 Å². The van der Waals surface area contributed by atoms with Crippen molar-refractivity contribution >= 4 is 11.8 Å². The van der Waals surface area contributed by atoms with Gasteiger partial charge < -0.3 is 4.84 Å². The number of carbonyl (C=O) groups excluding carboxylic acids is 2. The Balaban J connectivity index is 2.49. The topological polar surface area (TPSA) is 46.6 Å². The molecule has 1 aliphatic heterocycles. The summed E-state index contributed by atoms with van der Waals surface area (Å²) < 4.78 is 0. The van der Waals surface area contributed by atoms with Crippen LogP contribution in [0.3, 0.4) is 0 Å². The third-order valence-electron chi connectivity index (χ3n) is 2.78. The fourth-order valence-corrected chi connectivity index (χ4v) is 1.61. The van der Waals surface area contributed by atoms with Gasteiger partial charge in [0, 0.05) is 19.0 Å². The lowest BCUT2D eigenvalue weighted by Crippen LogP contribution is -2.41. The Morgan fingerprint density at radius 1 is 1.31 bits per heavy atom. The van der Waals surface area contributed by atoms with E-state index in [1.807, 2.05) is 20.8 Å². The van der Waals surface area contributed by atoms with Crippen molar-refractivity contribution in [1.82, 2.24) is 5.06 Å². The van der Waals surface area contributed by atoms with E-state index >= 15 is 0 Å². The van der Waals surface area contributed by atoms with Gasteiger partial charge in [0.2, 0.25) is 0 Å². The molecule has 4 heteroatoms. The predicted octanol–water partition coefficient (Wildman–Crippen LogP) is 1.79. The average molecular weight is 227 g/mol. The van der Waals surface area contributed by atoms with E-state index < -0.39 is 5.41 Å². The van der Waals surface area contributed by atoms with E-state index in [0.717, 1.165) is 19.4 Å². The fraction of sp³-hybridized carbons (Fsp3) is 0.833. The molecule has 4 nitrogen and oxygen atoms in total. The molecule has 0 amide bonds. The predicted molar refractivity (Wildman–Crippen MR) is 60.5 cm³/mol. The number of carbonyl (C=O) groups is 2. The molecule has 1 rings (SSSR count). The minimum Gasteiger partial charge on any atom is -0.367 e. The molecule has 0 aromatic rings. The van der Waals surface area contributed by atoms with Gasteiger partial charge in [-0.05, 0) is 40.5 Å².